The van der Waals surface area contributed by atoms with E-state index in [-0.39, 0.29) is 18.0 Å². The summed E-state index contributed by atoms with van der Waals surface area (Å²) in [6.45, 7) is 3.58. The Kier molecular flexibility index (Phi) is 4.13. The zero-order valence-corrected chi connectivity index (χ0v) is 14.2. The van der Waals surface area contributed by atoms with E-state index in [1.807, 2.05) is 30.3 Å². The molecule has 3 rings (SSSR count). The quantitative estimate of drug-likeness (QED) is 0.935. The lowest BCUT2D eigenvalue weighted by atomic mass is 9.73. The summed E-state index contributed by atoms with van der Waals surface area (Å²) in [6.07, 6.45) is 1.65. The number of hydrogen-bond donors (Lipinski definition) is 1. The van der Waals surface area contributed by atoms with Gasteiger partial charge in [-0.05, 0) is 34.9 Å². The molecule has 0 fully saturated rings. The van der Waals surface area contributed by atoms with Crippen molar-refractivity contribution in [3.05, 3.63) is 65.7 Å². The predicted molar refractivity (Wildman–Crippen MR) is 96.8 cm³/mol. The van der Waals surface area contributed by atoms with Gasteiger partial charge in [-0.3, -0.25) is 14.4 Å². The van der Waals surface area contributed by atoms with Crippen molar-refractivity contribution in [1.82, 2.24) is 0 Å². The minimum absolute atomic E-state index is 0.0504. The number of carbonyl (C=O) groups excluding carboxylic acids is 3. The molecule has 2 N–H and O–H groups in total. The zero-order valence-electron chi connectivity index (χ0n) is 14.2. The molecule has 1 aliphatic carbocycles. The van der Waals surface area contributed by atoms with Crippen LogP contribution in [0, 0.1) is 5.41 Å². The number of nitrogens with two attached hydrogens (primary N) is 1. The van der Waals surface area contributed by atoms with Crippen LogP contribution < -0.4 is 5.73 Å². The molecular formula is C21H19NO3. The minimum atomic E-state index is -0.719. The van der Waals surface area contributed by atoms with E-state index in [2.05, 4.69) is 0 Å². The van der Waals surface area contributed by atoms with E-state index in [4.69, 9.17) is 5.73 Å². The number of ketones is 2. The number of Topliss-reactive ketones (excluding diaryl/α,β-unsaturated/α-hetero) is 1. The SMILES string of the molecule is CC1(C)CC(=O)C=C(c2ccccc2-c2cccc(C(N)=O)c2)C1=O. The molecule has 0 saturated carbocycles. The number of primary amides is 1. The van der Waals surface area contributed by atoms with Crippen LogP contribution in [-0.2, 0) is 9.59 Å². The predicted octanol–water partition coefficient (Wildman–Crippen LogP) is 3.40. The van der Waals surface area contributed by atoms with E-state index < -0.39 is 11.3 Å². The van der Waals surface area contributed by atoms with Crippen molar-refractivity contribution >= 4 is 23.0 Å². The van der Waals surface area contributed by atoms with E-state index >= 15 is 0 Å². The Bertz CT molecular complexity index is 922. The summed E-state index contributed by atoms with van der Waals surface area (Å²) in [7, 11) is 0. The lowest BCUT2D eigenvalue weighted by molar-refractivity contribution is -0.127. The normalized spacial score (nSPS) is 16.5. The molecule has 4 nitrogen and oxygen atoms in total. The molecule has 0 bridgehead atoms. The molecular weight excluding hydrogens is 314 g/mol. The molecule has 0 heterocycles. The van der Waals surface area contributed by atoms with Gasteiger partial charge in [-0.25, -0.2) is 0 Å². The molecule has 0 aliphatic heterocycles. The van der Waals surface area contributed by atoms with Crippen molar-refractivity contribution in [3.63, 3.8) is 0 Å². The van der Waals surface area contributed by atoms with Crippen LogP contribution in [0.25, 0.3) is 16.7 Å². The summed E-state index contributed by atoms with van der Waals surface area (Å²) in [6, 6.07) is 14.3. The number of rotatable bonds is 3. The zero-order chi connectivity index (χ0) is 18.2. The van der Waals surface area contributed by atoms with Gasteiger partial charge in [0.15, 0.2) is 11.6 Å². The van der Waals surface area contributed by atoms with E-state index in [9.17, 15) is 14.4 Å². The van der Waals surface area contributed by atoms with Gasteiger partial charge in [0, 0.05) is 23.0 Å². The fourth-order valence-corrected chi connectivity index (χ4v) is 3.17. The van der Waals surface area contributed by atoms with Gasteiger partial charge in [0.05, 0.1) is 0 Å². The molecule has 1 aliphatic rings. The highest BCUT2D eigenvalue weighted by atomic mass is 16.1. The lowest BCUT2D eigenvalue weighted by Gasteiger charge is -2.28. The van der Waals surface area contributed by atoms with Crippen LogP contribution in [0.1, 0.15) is 36.2 Å². The molecule has 0 atom stereocenters. The van der Waals surface area contributed by atoms with Crippen LogP contribution in [0.3, 0.4) is 0 Å². The summed E-state index contributed by atoms with van der Waals surface area (Å²) >= 11 is 0. The first-order valence-electron chi connectivity index (χ1n) is 8.08. The maximum atomic E-state index is 12.9. The van der Waals surface area contributed by atoms with Crippen molar-refractivity contribution in [2.75, 3.05) is 0 Å². The highest BCUT2D eigenvalue weighted by molar-refractivity contribution is 6.31. The van der Waals surface area contributed by atoms with E-state index in [1.165, 1.54) is 6.08 Å². The second-order valence-corrected chi connectivity index (χ2v) is 6.90. The van der Waals surface area contributed by atoms with Crippen LogP contribution in [0.15, 0.2) is 54.6 Å². The number of carbonyl (C=O) groups is 3. The second-order valence-electron chi connectivity index (χ2n) is 6.90. The maximum Gasteiger partial charge on any atom is 0.248 e. The first-order valence-corrected chi connectivity index (χ1v) is 8.08. The van der Waals surface area contributed by atoms with Crippen LogP contribution >= 0.6 is 0 Å². The maximum absolute atomic E-state index is 12.9. The lowest BCUT2D eigenvalue weighted by Crippen LogP contribution is -2.32. The molecule has 0 spiro atoms. The third kappa shape index (κ3) is 3.15. The molecule has 0 saturated heterocycles. The Morgan fingerprint density at radius 2 is 1.68 bits per heavy atom. The Morgan fingerprint density at radius 1 is 1.00 bits per heavy atom. The average molecular weight is 333 g/mol. The average Bonchev–Trinajstić information content (AvgIpc) is 2.58. The van der Waals surface area contributed by atoms with E-state index in [1.54, 1.807) is 32.0 Å². The van der Waals surface area contributed by atoms with Crippen LogP contribution in [0.2, 0.25) is 0 Å². The summed E-state index contributed by atoms with van der Waals surface area (Å²) in [5.74, 6) is -0.616. The van der Waals surface area contributed by atoms with Gasteiger partial charge in [0.25, 0.3) is 0 Å². The minimum Gasteiger partial charge on any atom is -0.366 e. The fourth-order valence-electron chi connectivity index (χ4n) is 3.17. The molecule has 2 aromatic carbocycles. The van der Waals surface area contributed by atoms with Gasteiger partial charge in [-0.1, -0.05) is 50.2 Å². The first kappa shape index (κ1) is 16.8. The van der Waals surface area contributed by atoms with Gasteiger partial charge >= 0.3 is 0 Å². The Hall–Kier alpha value is -3.01. The second kappa shape index (κ2) is 6.13. The third-order valence-electron chi connectivity index (χ3n) is 4.46. The number of amides is 1. The molecule has 4 heteroatoms. The van der Waals surface area contributed by atoms with Gasteiger partial charge in [-0.15, -0.1) is 0 Å². The monoisotopic (exact) mass is 333 g/mol. The smallest absolute Gasteiger partial charge is 0.248 e. The van der Waals surface area contributed by atoms with Crippen molar-refractivity contribution in [1.29, 1.82) is 0 Å². The summed E-state index contributed by atoms with van der Waals surface area (Å²) in [5, 5.41) is 0. The van der Waals surface area contributed by atoms with Gasteiger partial charge in [0.1, 0.15) is 0 Å². The fraction of sp³-hybridized carbons (Fsp3) is 0.190. The van der Waals surface area contributed by atoms with E-state index in [0.29, 0.717) is 16.7 Å². The largest absolute Gasteiger partial charge is 0.366 e. The topological polar surface area (TPSA) is 77.2 Å². The summed E-state index contributed by atoms with van der Waals surface area (Å²) in [4.78, 5) is 36.4. The standard InChI is InChI=1S/C21H19NO3/c1-21(2)12-15(23)11-18(19(21)24)17-9-4-3-8-16(17)13-6-5-7-14(10-13)20(22)25/h3-11H,12H2,1-2H3,(H2,22,25). The van der Waals surface area contributed by atoms with Crippen LogP contribution in [0.5, 0.6) is 0 Å². The number of allylic oxidation sites excluding steroid dienone is 2. The van der Waals surface area contributed by atoms with Gasteiger partial charge in [0.2, 0.25) is 5.91 Å². The van der Waals surface area contributed by atoms with Crippen molar-refractivity contribution in [2.45, 2.75) is 20.3 Å². The van der Waals surface area contributed by atoms with Crippen molar-refractivity contribution in [3.8, 4) is 11.1 Å². The summed E-state index contributed by atoms with van der Waals surface area (Å²) < 4.78 is 0. The molecule has 0 radical (unpaired) electrons. The van der Waals surface area contributed by atoms with E-state index in [0.717, 1.165) is 11.1 Å². The Labute approximate surface area is 146 Å². The first-order chi connectivity index (χ1) is 11.8. The molecule has 1 amide bonds. The van der Waals surface area contributed by atoms with Crippen molar-refractivity contribution < 1.29 is 14.4 Å². The van der Waals surface area contributed by atoms with Crippen molar-refractivity contribution in [2.24, 2.45) is 11.1 Å². The van der Waals surface area contributed by atoms with Gasteiger partial charge in [-0.2, -0.15) is 0 Å². The van der Waals surface area contributed by atoms with Gasteiger partial charge < -0.3 is 5.73 Å². The number of hydrogen-bond acceptors (Lipinski definition) is 3. The highest BCUT2D eigenvalue weighted by Gasteiger charge is 2.37. The Morgan fingerprint density at radius 3 is 2.36 bits per heavy atom. The molecule has 0 aromatic heterocycles. The molecule has 2 aromatic rings. The third-order valence-corrected chi connectivity index (χ3v) is 4.46. The highest BCUT2D eigenvalue weighted by Crippen LogP contribution is 2.38. The summed E-state index contributed by atoms with van der Waals surface area (Å²) in [5.41, 5.74) is 7.72. The molecule has 25 heavy (non-hydrogen) atoms. The van der Waals surface area contributed by atoms with Crippen LogP contribution in [0.4, 0.5) is 0 Å². The molecule has 126 valence electrons. The Balaban J connectivity index is 2.18. The number of benzene rings is 2. The molecule has 0 unspecified atom stereocenters. The van der Waals surface area contributed by atoms with Crippen LogP contribution in [-0.4, -0.2) is 17.5 Å².